The Labute approximate surface area is 184 Å². The summed E-state index contributed by atoms with van der Waals surface area (Å²) in [5.74, 6) is -0.396. The summed E-state index contributed by atoms with van der Waals surface area (Å²) in [4.78, 5) is 12.5. The molecule has 2 aromatic carbocycles. The molecule has 0 aliphatic heterocycles. The van der Waals surface area contributed by atoms with E-state index in [-0.39, 0.29) is 0 Å². The third-order valence-corrected chi connectivity index (χ3v) is 4.90. The number of carbonyl (C=O) groups excluding carboxylic acids is 1. The maximum absolute atomic E-state index is 12.5. The highest BCUT2D eigenvalue weighted by atomic mass is 16.6. The SMILES string of the molecule is CCCCc1cc(C(=O)OC(C)(C)C)nn1Cc1ccc(-c2ccccc2C#N)cc1. The molecule has 0 aliphatic rings. The molecule has 3 aromatic rings. The van der Waals surface area contributed by atoms with E-state index in [0.717, 1.165) is 41.6 Å². The van der Waals surface area contributed by atoms with Crippen LogP contribution in [-0.4, -0.2) is 21.4 Å². The second-order valence-corrected chi connectivity index (χ2v) is 8.64. The Morgan fingerprint density at radius 2 is 1.84 bits per heavy atom. The summed E-state index contributed by atoms with van der Waals surface area (Å²) in [5, 5.41) is 13.9. The standard InChI is InChI=1S/C26H29N3O2/c1-5-6-10-22-16-24(25(30)31-26(2,3)4)28-29(22)18-19-12-14-20(15-13-19)23-11-8-7-9-21(23)17-27/h7-9,11-16H,5-6,10,18H2,1-4H3. The predicted octanol–water partition coefficient (Wildman–Crippen LogP) is 5.77. The van der Waals surface area contributed by atoms with Crippen molar-refractivity contribution in [3.63, 3.8) is 0 Å². The van der Waals surface area contributed by atoms with Crippen LogP contribution in [0.4, 0.5) is 0 Å². The summed E-state index contributed by atoms with van der Waals surface area (Å²) in [6, 6.07) is 19.8. The summed E-state index contributed by atoms with van der Waals surface area (Å²) >= 11 is 0. The fraction of sp³-hybridized carbons (Fsp3) is 0.346. The number of esters is 1. The number of aromatic nitrogens is 2. The van der Waals surface area contributed by atoms with Gasteiger partial charge in [0.05, 0.1) is 18.2 Å². The molecule has 0 spiro atoms. The quantitative estimate of drug-likeness (QED) is 0.460. The van der Waals surface area contributed by atoms with Crippen molar-refractivity contribution in [2.24, 2.45) is 0 Å². The van der Waals surface area contributed by atoms with Crippen molar-refractivity contribution >= 4 is 5.97 Å². The minimum atomic E-state index is -0.556. The van der Waals surface area contributed by atoms with Gasteiger partial charge in [-0.05, 0) is 62.4 Å². The van der Waals surface area contributed by atoms with Crippen molar-refractivity contribution in [3.8, 4) is 17.2 Å². The fourth-order valence-corrected chi connectivity index (χ4v) is 3.38. The van der Waals surface area contributed by atoms with Crippen LogP contribution in [0.3, 0.4) is 0 Å². The highest BCUT2D eigenvalue weighted by Crippen LogP contribution is 2.24. The molecule has 0 radical (unpaired) electrons. The molecule has 31 heavy (non-hydrogen) atoms. The van der Waals surface area contributed by atoms with Crippen molar-refractivity contribution in [2.45, 2.75) is 59.1 Å². The van der Waals surface area contributed by atoms with Gasteiger partial charge in [0, 0.05) is 5.69 Å². The normalized spacial score (nSPS) is 11.2. The van der Waals surface area contributed by atoms with Gasteiger partial charge in [-0.3, -0.25) is 4.68 Å². The van der Waals surface area contributed by atoms with E-state index in [1.54, 1.807) is 0 Å². The van der Waals surface area contributed by atoms with E-state index in [0.29, 0.717) is 17.8 Å². The molecule has 0 amide bonds. The van der Waals surface area contributed by atoms with Gasteiger partial charge < -0.3 is 4.74 Å². The molecule has 1 heterocycles. The van der Waals surface area contributed by atoms with Gasteiger partial charge in [-0.1, -0.05) is 55.8 Å². The Morgan fingerprint density at radius 3 is 2.48 bits per heavy atom. The third-order valence-electron chi connectivity index (χ3n) is 4.90. The van der Waals surface area contributed by atoms with Crippen LogP contribution < -0.4 is 0 Å². The lowest BCUT2D eigenvalue weighted by Crippen LogP contribution is -2.24. The van der Waals surface area contributed by atoms with Gasteiger partial charge in [0.2, 0.25) is 0 Å². The van der Waals surface area contributed by atoms with Crippen LogP contribution in [0.5, 0.6) is 0 Å². The first-order chi connectivity index (χ1) is 14.8. The first-order valence-corrected chi connectivity index (χ1v) is 10.7. The van der Waals surface area contributed by atoms with Crippen LogP contribution in [0.15, 0.2) is 54.6 Å². The molecule has 5 heteroatoms. The molecule has 0 aliphatic carbocycles. The lowest BCUT2D eigenvalue weighted by molar-refractivity contribution is 0.00619. The molecule has 0 atom stereocenters. The highest BCUT2D eigenvalue weighted by molar-refractivity contribution is 5.87. The lowest BCUT2D eigenvalue weighted by Gasteiger charge is -2.18. The fourth-order valence-electron chi connectivity index (χ4n) is 3.38. The minimum absolute atomic E-state index is 0.348. The monoisotopic (exact) mass is 415 g/mol. The highest BCUT2D eigenvalue weighted by Gasteiger charge is 2.21. The summed E-state index contributed by atoms with van der Waals surface area (Å²) in [6.07, 6.45) is 2.96. The molecular weight excluding hydrogens is 386 g/mol. The molecular formula is C26H29N3O2. The molecule has 0 N–H and O–H groups in total. The topological polar surface area (TPSA) is 67.9 Å². The van der Waals surface area contributed by atoms with Crippen LogP contribution in [0, 0.1) is 11.3 Å². The van der Waals surface area contributed by atoms with Gasteiger partial charge in [-0.15, -0.1) is 0 Å². The molecule has 5 nitrogen and oxygen atoms in total. The van der Waals surface area contributed by atoms with Gasteiger partial charge in [0.25, 0.3) is 0 Å². The van der Waals surface area contributed by atoms with E-state index < -0.39 is 11.6 Å². The zero-order valence-electron chi connectivity index (χ0n) is 18.7. The summed E-state index contributed by atoms with van der Waals surface area (Å²) in [5.41, 5.74) is 4.48. The van der Waals surface area contributed by atoms with Crippen molar-refractivity contribution in [1.82, 2.24) is 9.78 Å². The van der Waals surface area contributed by atoms with Gasteiger partial charge in [0.1, 0.15) is 5.60 Å². The molecule has 0 saturated heterocycles. The summed E-state index contributed by atoms with van der Waals surface area (Å²) in [6.45, 7) is 8.28. The first kappa shape index (κ1) is 22.3. The van der Waals surface area contributed by atoms with Crippen molar-refractivity contribution < 1.29 is 9.53 Å². The molecule has 0 bridgehead atoms. The van der Waals surface area contributed by atoms with E-state index in [1.807, 2.05) is 80.1 Å². The Morgan fingerprint density at radius 1 is 1.13 bits per heavy atom. The van der Waals surface area contributed by atoms with Crippen LogP contribution in [0.1, 0.15) is 67.8 Å². The predicted molar refractivity (Wildman–Crippen MR) is 122 cm³/mol. The summed E-state index contributed by atoms with van der Waals surface area (Å²) < 4.78 is 7.39. The zero-order valence-corrected chi connectivity index (χ0v) is 18.7. The average molecular weight is 416 g/mol. The second kappa shape index (κ2) is 9.61. The van der Waals surface area contributed by atoms with Crippen LogP contribution >= 0.6 is 0 Å². The number of carbonyl (C=O) groups is 1. The largest absolute Gasteiger partial charge is 0.455 e. The lowest BCUT2D eigenvalue weighted by atomic mass is 9.99. The van der Waals surface area contributed by atoms with Crippen LogP contribution in [0.2, 0.25) is 0 Å². The molecule has 1 aromatic heterocycles. The van der Waals surface area contributed by atoms with E-state index >= 15 is 0 Å². The number of unbranched alkanes of at least 4 members (excludes halogenated alkanes) is 1. The number of hydrogen-bond acceptors (Lipinski definition) is 4. The van der Waals surface area contributed by atoms with Crippen LogP contribution in [-0.2, 0) is 17.7 Å². The van der Waals surface area contributed by atoms with Crippen molar-refractivity contribution in [3.05, 3.63) is 77.1 Å². The number of ether oxygens (including phenoxy) is 1. The van der Waals surface area contributed by atoms with E-state index in [2.05, 4.69) is 18.1 Å². The van der Waals surface area contributed by atoms with E-state index in [9.17, 15) is 10.1 Å². The number of hydrogen-bond donors (Lipinski definition) is 0. The maximum atomic E-state index is 12.5. The van der Waals surface area contributed by atoms with E-state index in [4.69, 9.17) is 4.74 Å². The Hall–Kier alpha value is -3.39. The number of benzene rings is 2. The van der Waals surface area contributed by atoms with Crippen molar-refractivity contribution in [2.75, 3.05) is 0 Å². The number of rotatable bonds is 7. The van der Waals surface area contributed by atoms with Gasteiger partial charge in [-0.2, -0.15) is 10.4 Å². The third kappa shape index (κ3) is 5.82. The molecule has 0 saturated carbocycles. The average Bonchev–Trinajstić information content (AvgIpc) is 3.14. The Balaban J connectivity index is 1.84. The molecule has 0 fully saturated rings. The van der Waals surface area contributed by atoms with Gasteiger partial charge >= 0.3 is 5.97 Å². The number of nitrogens with zero attached hydrogens (tertiary/aromatic N) is 3. The molecule has 160 valence electrons. The summed E-state index contributed by atoms with van der Waals surface area (Å²) in [7, 11) is 0. The van der Waals surface area contributed by atoms with Crippen molar-refractivity contribution in [1.29, 1.82) is 5.26 Å². The second-order valence-electron chi connectivity index (χ2n) is 8.64. The Bertz CT molecular complexity index is 1080. The number of nitriles is 1. The molecule has 3 rings (SSSR count). The zero-order chi connectivity index (χ0) is 22.4. The molecule has 0 unspecified atom stereocenters. The maximum Gasteiger partial charge on any atom is 0.359 e. The first-order valence-electron chi connectivity index (χ1n) is 10.7. The Kier molecular flexibility index (Phi) is 6.91. The van der Waals surface area contributed by atoms with Crippen LogP contribution in [0.25, 0.3) is 11.1 Å². The van der Waals surface area contributed by atoms with Gasteiger partial charge in [0.15, 0.2) is 5.69 Å². The van der Waals surface area contributed by atoms with E-state index in [1.165, 1.54) is 0 Å². The minimum Gasteiger partial charge on any atom is -0.455 e. The number of aryl methyl sites for hydroxylation is 1. The smallest absolute Gasteiger partial charge is 0.359 e. The van der Waals surface area contributed by atoms with Gasteiger partial charge in [-0.25, -0.2) is 4.79 Å².